The Morgan fingerprint density at radius 3 is 2.45 bits per heavy atom. The third-order valence-corrected chi connectivity index (χ3v) is 4.51. The van der Waals surface area contributed by atoms with Crippen molar-refractivity contribution in [3.05, 3.63) is 64.7 Å². The van der Waals surface area contributed by atoms with Crippen LogP contribution in [-0.4, -0.2) is 32.5 Å². The molecule has 0 aromatic heterocycles. The van der Waals surface area contributed by atoms with E-state index in [2.05, 4.69) is 0 Å². The maximum absolute atomic E-state index is 12.4. The molecule has 0 spiro atoms. The molecule has 4 nitrogen and oxygen atoms in total. The minimum absolute atomic E-state index is 0.134. The summed E-state index contributed by atoms with van der Waals surface area (Å²) in [5.74, 6) is -0.245. The van der Waals surface area contributed by atoms with E-state index in [0.29, 0.717) is 17.1 Å². The SMILES string of the molecule is CN(Cc1cccc(Cl)c1)C(=O)c1cccc(S(C)(=O)=O)c1. The number of sulfone groups is 1. The van der Waals surface area contributed by atoms with Crippen molar-refractivity contribution in [2.75, 3.05) is 13.3 Å². The van der Waals surface area contributed by atoms with Gasteiger partial charge in [0.25, 0.3) is 5.91 Å². The Kier molecular flexibility index (Phi) is 4.88. The van der Waals surface area contributed by atoms with Gasteiger partial charge in [-0.05, 0) is 35.9 Å². The topological polar surface area (TPSA) is 54.5 Å². The largest absolute Gasteiger partial charge is 0.337 e. The second kappa shape index (κ2) is 6.50. The zero-order valence-electron chi connectivity index (χ0n) is 12.3. The van der Waals surface area contributed by atoms with Gasteiger partial charge in [-0.3, -0.25) is 4.79 Å². The predicted octanol–water partition coefficient (Wildman–Crippen LogP) is 3.02. The van der Waals surface area contributed by atoms with Gasteiger partial charge >= 0.3 is 0 Å². The Morgan fingerprint density at radius 1 is 1.14 bits per heavy atom. The highest BCUT2D eigenvalue weighted by Gasteiger charge is 2.15. The summed E-state index contributed by atoms with van der Waals surface area (Å²) in [4.78, 5) is 14.1. The highest BCUT2D eigenvalue weighted by Crippen LogP contribution is 2.16. The molecule has 116 valence electrons. The van der Waals surface area contributed by atoms with Gasteiger partial charge < -0.3 is 4.90 Å². The number of halogens is 1. The second-order valence-electron chi connectivity index (χ2n) is 5.09. The molecule has 0 unspecified atom stereocenters. The first-order valence-corrected chi connectivity index (χ1v) is 8.84. The molecular formula is C16H16ClNO3S. The third kappa shape index (κ3) is 4.08. The Labute approximate surface area is 135 Å². The number of carbonyl (C=O) groups excluding carboxylic acids is 1. The number of benzene rings is 2. The fourth-order valence-electron chi connectivity index (χ4n) is 2.06. The Bertz CT molecular complexity index is 803. The van der Waals surface area contributed by atoms with Crippen LogP contribution in [0.1, 0.15) is 15.9 Å². The van der Waals surface area contributed by atoms with E-state index in [9.17, 15) is 13.2 Å². The van der Waals surface area contributed by atoms with Gasteiger partial charge in [0.05, 0.1) is 4.90 Å². The Morgan fingerprint density at radius 2 is 1.82 bits per heavy atom. The van der Waals surface area contributed by atoms with E-state index < -0.39 is 9.84 Å². The maximum atomic E-state index is 12.4. The molecule has 0 N–H and O–H groups in total. The molecule has 0 heterocycles. The zero-order chi connectivity index (χ0) is 16.3. The fourth-order valence-corrected chi connectivity index (χ4v) is 2.94. The summed E-state index contributed by atoms with van der Waals surface area (Å²) in [6.45, 7) is 0.391. The van der Waals surface area contributed by atoms with Crippen LogP contribution in [0.2, 0.25) is 5.02 Å². The average molecular weight is 338 g/mol. The normalized spacial score (nSPS) is 11.2. The van der Waals surface area contributed by atoms with Gasteiger partial charge in [0.15, 0.2) is 9.84 Å². The molecule has 0 aliphatic rings. The van der Waals surface area contributed by atoms with Crippen molar-refractivity contribution >= 4 is 27.3 Å². The van der Waals surface area contributed by atoms with Gasteiger partial charge in [0, 0.05) is 30.4 Å². The van der Waals surface area contributed by atoms with E-state index in [1.165, 1.54) is 17.0 Å². The van der Waals surface area contributed by atoms with Crippen molar-refractivity contribution in [2.45, 2.75) is 11.4 Å². The molecule has 0 saturated heterocycles. The standard InChI is InChI=1S/C16H16ClNO3S/c1-18(11-12-5-3-7-14(17)9-12)16(19)13-6-4-8-15(10-13)22(2,20)21/h3-10H,11H2,1-2H3. The van der Waals surface area contributed by atoms with E-state index >= 15 is 0 Å². The van der Waals surface area contributed by atoms with E-state index in [1.54, 1.807) is 31.3 Å². The smallest absolute Gasteiger partial charge is 0.253 e. The van der Waals surface area contributed by atoms with Gasteiger partial charge in [0.1, 0.15) is 0 Å². The van der Waals surface area contributed by atoms with Crippen molar-refractivity contribution in [3.63, 3.8) is 0 Å². The van der Waals surface area contributed by atoms with E-state index in [1.807, 2.05) is 12.1 Å². The molecule has 0 aliphatic carbocycles. The summed E-state index contributed by atoms with van der Waals surface area (Å²) in [6, 6.07) is 13.3. The molecule has 1 amide bonds. The summed E-state index contributed by atoms with van der Waals surface area (Å²) < 4.78 is 23.1. The first-order valence-electron chi connectivity index (χ1n) is 6.57. The van der Waals surface area contributed by atoms with Crippen LogP contribution in [0, 0.1) is 0 Å². The number of hydrogen-bond acceptors (Lipinski definition) is 3. The minimum atomic E-state index is -3.34. The molecule has 2 aromatic carbocycles. The van der Waals surface area contributed by atoms with Crippen molar-refractivity contribution in [2.24, 2.45) is 0 Å². The van der Waals surface area contributed by atoms with Crippen LogP contribution in [0.25, 0.3) is 0 Å². The lowest BCUT2D eigenvalue weighted by molar-refractivity contribution is 0.0785. The lowest BCUT2D eigenvalue weighted by Gasteiger charge is -2.18. The first-order chi connectivity index (χ1) is 10.3. The molecule has 22 heavy (non-hydrogen) atoms. The number of hydrogen-bond donors (Lipinski definition) is 0. The van der Waals surface area contributed by atoms with Gasteiger partial charge in [-0.2, -0.15) is 0 Å². The molecule has 0 bridgehead atoms. The van der Waals surface area contributed by atoms with Crippen LogP contribution in [0.3, 0.4) is 0 Å². The first kappa shape index (κ1) is 16.5. The summed E-state index contributed by atoms with van der Waals surface area (Å²) in [5.41, 5.74) is 1.25. The van der Waals surface area contributed by atoms with Crippen LogP contribution in [-0.2, 0) is 16.4 Å². The number of carbonyl (C=O) groups is 1. The van der Waals surface area contributed by atoms with E-state index in [4.69, 9.17) is 11.6 Å². The molecule has 2 aromatic rings. The summed E-state index contributed by atoms with van der Waals surface area (Å²) in [6.07, 6.45) is 1.12. The Balaban J connectivity index is 2.21. The molecule has 0 aliphatic heterocycles. The number of amides is 1. The maximum Gasteiger partial charge on any atom is 0.253 e. The van der Waals surface area contributed by atoms with Crippen LogP contribution >= 0.6 is 11.6 Å². The lowest BCUT2D eigenvalue weighted by Crippen LogP contribution is -2.26. The van der Waals surface area contributed by atoms with Crippen LogP contribution in [0.5, 0.6) is 0 Å². The third-order valence-electron chi connectivity index (χ3n) is 3.16. The summed E-state index contributed by atoms with van der Waals surface area (Å²) in [7, 11) is -1.67. The summed E-state index contributed by atoms with van der Waals surface area (Å²) >= 11 is 5.93. The van der Waals surface area contributed by atoms with Gasteiger partial charge in [0.2, 0.25) is 0 Å². The number of nitrogens with zero attached hydrogens (tertiary/aromatic N) is 1. The quantitative estimate of drug-likeness (QED) is 0.861. The predicted molar refractivity (Wildman–Crippen MR) is 86.8 cm³/mol. The van der Waals surface area contributed by atoms with Crippen molar-refractivity contribution in [1.82, 2.24) is 4.90 Å². The van der Waals surface area contributed by atoms with E-state index in [-0.39, 0.29) is 10.8 Å². The Hall–Kier alpha value is -1.85. The molecule has 0 atom stereocenters. The molecule has 0 saturated carbocycles. The van der Waals surface area contributed by atoms with Crippen LogP contribution < -0.4 is 0 Å². The van der Waals surface area contributed by atoms with Gasteiger partial charge in [-0.25, -0.2) is 8.42 Å². The molecule has 0 radical (unpaired) electrons. The van der Waals surface area contributed by atoms with Crippen LogP contribution in [0.4, 0.5) is 0 Å². The summed E-state index contributed by atoms with van der Waals surface area (Å²) in [5, 5.41) is 0.609. The van der Waals surface area contributed by atoms with Crippen molar-refractivity contribution < 1.29 is 13.2 Å². The second-order valence-corrected chi connectivity index (χ2v) is 7.54. The van der Waals surface area contributed by atoms with E-state index in [0.717, 1.165) is 11.8 Å². The van der Waals surface area contributed by atoms with Gasteiger partial charge in [-0.15, -0.1) is 0 Å². The fraction of sp³-hybridized carbons (Fsp3) is 0.188. The zero-order valence-corrected chi connectivity index (χ0v) is 13.9. The van der Waals surface area contributed by atoms with Crippen LogP contribution in [0.15, 0.2) is 53.4 Å². The highest BCUT2D eigenvalue weighted by molar-refractivity contribution is 7.90. The average Bonchev–Trinajstić information content (AvgIpc) is 2.45. The highest BCUT2D eigenvalue weighted by atomic mass is 35.5. The molecule has 2 rings (SSSR count). The lowest BCUT2D eigenvalue weighted by atomic mass is 10.1. The molecular weight excluding hydrogens is 322 g/mol. The van der Waals surface area contributed by atoms with Crippen molar-refractivity contribution in [1.29, 1.82) is 0 Å². The van der Waals surface area contributed by atoms with Crippen molar-refractivity contribution in [3.8, 4) is 0 Å². The molecule has 6 heteroatoms. The monoisotopic (exact) mass is 337 g/mol. The minimum Gasteiger partial charge on any atom is -0.337 e. The van der Waals surface area contributed by atoms with Gasteiger partial charge in [-0.1, -0.05) is 29.8 Å². The number of rotatable bonds is 4. The molecule has 0 fully saturated rings.